The second kappa shape index (κ2) is 12.7. The first kappa shape index (κ1) is 35.4. The minimum atomic E-state index is -0.0437. The monoisotopic (exact) mass is 815 g/mol. The van der Waals surface area contributed by atoms with Gasteiger partial charge in [0.15, 0.2) is 17.5 Å². The summed E-state index contributed by atoms with van der Waals surface area (Å²) in [7, 11) is 0. The standard InChI is InChI=1S/C58H45N3S/c1-57(2)47-14-8-6-12-42(47)43-22-20-38(32-50(43)57)35-16-18-37(19-17-35)55-59-54(36-10-4-3-5-11-36)60-56(61-55)39-21-25-51-46(31-39)44-23-24-49-52(53(44)62-51)45-13-7-9-15-48(45)58(49)40-27-33-26-34(29-40)30-41(58)28-33/h3-25,31-34,40-41H,26-30H2,1-2H3. The zero-order valence-corrected chi connectivity index (χ0v) is 35.8. The van der Waals surface area contributed by atoms with E-state index in [-0.39, 0.29) is 10.8 Å². The van der Waals surface area contributed by atoms with Crippen LogP contribution in [0.5, 0.6) is 0 Å². The molecule has 0 unspecified atom stereocenters. The van der Waals surface area contributed by atoms with E-state index < -0.39 is 0 Å². The van der Waals surface area contributed by atoms with Crippen LogP contribution in [0, 0.1) is 23.7 Å². The van der Waals surface area contributed by atoms with Gasteiger partial charge in [-0.1, -0.05) is 141 Å². The van der Waals surface area contributed by atoms with E-state index in [1.165, 1.54) is 96.8 Å². The number of nitrogens with zero attached hydrogens (tertiary/aromatic N) is 3. The molecule has 2 aromatic heterocycles. The molecule has 2 heterocycles. The van der Waals surface area contributed by atoms with Crippen LogP contribution in [0.15, 0.2) is 152 Å². The van der Waals surface area contributed by atoms with Gasteiger partial charge in [-0.2, -0.15) is 0 Å². The highest BCUT2D eigenvalue weighted by Gasteiger charge is 2.61. The molecule has 0 radical (unpaired) electrons. The Morgan fingerprint density at radius 2 is 1.02 bits per heavy atom. The molecule has 298 valence electrons. The molecule has 4 saturated carbocycles. The van der Waals surface area contributed by atoms with Crippen molar-refractivity contribution in [2.24, 2.45) is 23.7 Å². The van der Waals surface area contributed by atoms with Gasteiger partial charge in [0.1, 0.15) is 0 Å². The van der Waals surface area contributed by atoms with Gasteiger partial charge in [0.05, 0.1) is 0 Å². The summed E-state index contributed by atoms with van der Waals surface area (Å²) >= 11 is 1.97. The first-order chi connectivity index (χ1) is 30.4. The summed E-state index contributed by atoms with van der Waals surface area (Å²) in [6, 6.07) is 56.3. The van der Waals surface area contributed by atoms with Gasteiger partial charge in [-0.05, 0) is 130 Å². The normalized spacial score (nSPS) is 23.2. The summed E-state index contributed by atoms with van der Waals surface area (Å²) in [6.45, 7) is 4.68. The van der Waals surface area contributed by atoms with Crippen LogP contribution < -0.4 is 0 Å². The largest absolute Gasteiger partial charge is 0.208 e. The predicted molar refractivity (Wildman–Crippen MR) is 255 cm³/mol. The van der Waals surface area contributed by atoms with Gasteiger partial charge in [-0.25, -0.2) is 15.0 Å². The fourth-order valence-corrected chi connectivity index (χ4v) is 14.9. The first-order valence-electron chi connectivity index (χ1n) is 22.7. The third-order valence-corrected chi connectivity index (χ3v) is 17.3. The van der Waals surface area contributed by atoms with Crippen molar-refractivity contribution in [2.75, 3.05) is 0 Å². The van der Waals surface area contributed by atoms with E-state index in [2.05, 4.69) is 159 Å². The zero-order valence-electron chi connectivity index (χ0n) is 35.0. The van der Waals surface area contributed by atoms with Crippen LogP contribution >= 0.6 is 11.3 Å². The fourth-order valence-electron chi connectivity index (χ4n) is 13.7. The molecule has 0 amide bonds. The van der Waals surface area contributed by atoms with Crippen molar-refractivity contribution in [1.82, 2.24) is 15.0 Å². The van der Waals surface area contributed by atoms with E-state index in [1.807, 2.05) is 17.4 Å². The third kappa shape index (κ3) is 4.79. The molecule has 15 rings (SSSR count). The van der Waals surface area contributed by atoms with E-state index >= 15 is 0 Å². The van der Waals surface area contributed by atoms with Gasteiger partial charge in [0.25, 0.3) is 0 Å². The number of hydrogen-bond acceptors (Lipinski definition) is 4. The summed E-state index contributed by atoms with van der Waals surface area (Å²) in [5.41, 5.74) is 17.2. The molecule has 1 spiro atoms. The average molecular weight is 816 g/mol. The first-order valence-corrected chi connectivity index (χ1v) is 23.5. The minimum Gasteiger partial charge on any atom is -0.208 e. The predicted octanol–water partition coefficient (Wildman–Crippen LogP) is 14.9. The van der Waals surface area contributed by atoms with Gasteiger partial charge in [-0.3, -0.25) is 0 Å². The number of thiophene rings is 1. The zero-order chi connectivity index (χ0) is 40.9. The highest BCUT2D eigenvalue weighted by atomic mass is 32.1. The van der Waals surface area contributed by atoms with Crippen molar-refractivity contribution < 1.29 is 0 Å². The smallest absolute Gasteiger partial charge is 0.164 e. The highest BCUT2D eigenvalue weighted by Crippen LogP contribution is 2.70. The molecular weight excluding hydrogens is 771 g/mol. The average Bonchev–Trinajstić information content (AvgIpc) is 3.91. The van der Waals surface area contributed by atoms with E-state index in [0.717, 1.165) is 40.4 Å². The van der Waals surface area contributed by atoms with Gasteiger partial charge < -0.3 is 0 Å². The van der Waals surface area contributed by atoms with Crippen molar-refractivity contribution in [1.29, 1.82) is 0 Å². The topological polar surface area (TPSA) is 38.7 Å². The Morgan fingerprint density at radius 3 is 1.76 bits per heavy atom. The molecule has 4 bridgehead atoms. The highest BCUT2D eigenvalue weighted by molar-refractivity contribution is 7.26. The molecule has 4 fully saturated rings. The van der Waals surface area contributed by atoms with Crippen molar-refractivity contribution >= 4 is 31.5 Å². The molecule has 0 aliphatic heterocycles. The van der Waals surface area contributed by atoms with Gasteiger partial charge in [0.2, 0.25) is 0 Å². The van der Waals surface area contributed by atoms with Crippen molar-refractivity contribution in [2.45, 2.75) is 56.8 Å². The third-order valence-electron chi connectivity index (χ3n) is 16.1. The lowest BCUT2D eigenvalue weighted by Gasteiger charge is -2.61. The number of aromatic nitrogens is 3. The fraction of sp³-hybridized carbons (Fsp3) is 0.224. The van der Waals surface area contributed by atoms with Crippen LogP contribution in [0.2, 0.25) is 0 Å². The lowest BCUT2D eigenvalue weighted by molar-refractivity contribution is -0.0399. The second-order valence-electron chi connectivity index (χ2n) is 19.6. The number of fused-ring (bicyclic) bond motifs is 10. The Hall–Kier alpha value is -6.23. The van der Waals surface area contributed by atoms with Crippen LogP contribution in [0.25, 0.3) is 87.7 Å². The Kier molecular flexibility index (Phi) is 7.23. The Labute approximate surface area is 366 Å². The summed E-state index contributed by atoms with van der Waals surface area (Å²) in [5.74, 6) is 5.45. The van der Waals surface area contributed by atoms with Gasteiger partial charge in [0, 0.05) is 53.3 Å². The molecule has 6 aliphatic rings. The van der Waals surface area contributed by atoms with Gasteiger partial charge >= 0.3 is 0 Å². The number of benzene rings is 7. The molecule has 0 saturated heterocycles. The lowest BCUT2D eigenvalue weighted by Crippen LogP contribution is -2.55. The summed E-state index contributed by atoms with van der Waals surface area (Å²) < 4.78 is 2.75. The summed E-state index contributed by atoms with van der Waals surface area (Å²) in [4.78, 5) is 15.5. The molecule has 4 heteroatoms. The summed E-state index contributed by atoms with van der Waals surface area (Å²) in [5, 5.41) is 2.62. The van der Waals surface area contributed by atoms with E-state index in [9.17, 15) is 0 Å². The second-order valence-corrected chi connectivity index (χ2v) is 20.6. The maximum Gasteiger partial charge on any atom is 0.164 e. The van der Waals surface area contributed by atoms with Crippen LogP contribution in [0.3, 0.4) is 0 Å². The molecular formula is C58H45N3S. The molecule has 6 aliphatic carbocycles. The van der Waals surface area contributed by atoms with Crippen LogP contribution in [-0.4, -0.2) is 15.0 Å². The van der Waals surface area contributed by atoms with Crippen LogP contribution in [0.1, 0.15) is 68.2 Å². The molecule has 9 aromatic rings. The molecule has 0 atom stereocenters. The molecule has 0 N–H and O–H groups in total. The minimum absolute atomic E-state index is 0.0437. The van der Waals surface area contributed by atoms with Gasteiger partial charge in [-0.15, -0.1) is 11.3 Å². The van der Waals surface area contributed by atoms with E-state index in [1.54, 1.807) is 11.1 Å². The number of rotatable bonds is 4. The van der Waals surface area contributed by atoms with Crippen molar-refractivity contribution in [3.05, 3.63) is 174 Å². The van der Waals surface area contributed by atoms with E-state index in [4.69, 9.17) is 15.0 Å². The molecule has 3 nitrogen and oxygen atoms in total. The SMILES string of the molecule is CC1(C)c2ccccc2-c2ccc(-c3ccc(-c4nc(-c5ccccc5)nc(-c5ccc6sc7c8c(ccc7c6c5)C5(c6ccccc6-8)C6CC7CC(C6)CC5C7)n4)cc3)cc21. The lowest BCUT2D eigenvalue weighted by atomic mass is 9.43. The van der Waals surface area contributed by atoms with Crippen molar-refractivity contribution in [3.8, 4) is 67.5 Å². The molecule has 7 aromatic carbocycles. The Morgan fingerprint density at radius 1 is 0.435 bits per heavy atom. The molecule has 62 heavy (non-hydrogen) atoms. The van der Waals surface area contributed by atoms with Crippen LogP contribution in [-0.2, 0) is 10.8 Å². The quantitative estimate of drug-likeness (QED) is 0.178. The maximum atomic E-state index is 5.23. The Bertz CT molecular complexity index is 3310. The summed E-state index contributed by atoms with van der Waals surface area (Å²) in [6.07, 6.45) is 7.09. The van der Waals surface area contributed by atoms with E-state index in [0.29, 0.717) is 17.5 Å². The van der Waals surface area contributed by atoms with Crippen LogP contribution in [0.4, 0.5) is 0 Å². The maximum absolute atomic E-state index is 5.23. The van der Waals surface area contributed by atoms with Crippen molar-refractivity contribution in [3.63, 3.8) is 0 Å². The Balaban J connectivity index is 0.868. The number of hydrogen-bond donors (Lipinski definition) is 0.